The largest absolute Gasteiger partial charge is 0.378 e. The molecule has 0 aromatic rings. The molecule has 3 heterocycles. The maximum absolute atomic E-state index is 12.9. The van der Waals surface area contributed by atoms with Gasteiger partial charge in [0.25, 0.3) is 0 Å². The van der Waals surface area contributed by atoms with E-state index in [1.165, 1.54) is 71.0 Å². The summed E-state index contributed by atoms with van der Waals surface area (Å²) in [7, 11) is 0. The Morgan fingerprint density at radius 2 is 1.38 bits per heavy atom. The average molecular weight is 364 g/mol. The van der Waals surface area contributed by atoms with Crippen LogP contribution in [0.15, 0.2) is 0 Å². The van der Waals surface area contributed by atoms with E-state index in [4.69, 9.17) is 4.74 Å². The molecule has 0 aromatic heterocycles. The molecule has 0 aromatic carbocycles. The number of morpholine rings is 1. The van der Waals surface area contributed by atoms with Gasteiger partial charge in [0.05, 0.1) is 19.1 Å². The second kappa shape index (κ2) is 9.03. The molecule has 26 heavy (non-hydrogen) atoms. The molecule has 0 bridgehead atoms. The van der Waals surface area contributed by atoms with Crippen molar-refractivity contribution in [1.29, 1.82) is 0 Å². The van der Waals surface area contributed by atoms with Gasteiger partial charge in [0.15, 0.2) is 0 Å². The van der Waals surface area contributed by atoms with Gasteiger partial charge in [-0.2, -0.15) is 0 Å². The minimum absolute atomic E-state index is 0.221. The summed E-state index contributed by atoms with van der Waals surface area (Å²) in [6.45, 7) is 7.72. The number of hydrogen-bond donors (Lipinski definition) is 0. The molecule has 4 fully saturated rings. The zero-order valence-corrected chi connectivity index (χ0v) is 16.4. The molecule has 0 radical (unpaired) electrons. The number of piperidine rings is 2. The monoisotopic (exact) mass is 363 g/mol. The number of hydrogen-bond acceptors (Lipinski definition) is 4. The summed E-state index contributed by atoms with van der Waals surface area (Å²) in [4.78, 5) is 20.4. The number of carbonyl (C=O) groups excluding carboxylic acids is 1. The third-order valence-corrected chi connectivity index (χ3v) is 7.23. The highest BCUT2D eigenvalue weighted by Gasteiger charge is 2.34. The molecule has 1 amide bonds. The highest BCUT2D eigenvalue weighted by Crippen LogP contribution is 2.29. The first-order valence-corrected chi connectivity index (χ1v) is 11.2. The van der Waals surface area contributed by atoms with Gasteiger partial charge in [0.2, 0.25) is 5.91 Å². The fourth-order valence-corrected chi connectivity index (χ4v) is 5.64. The molecular weight excluding hydrogens is 326 g/mol. The van der Waals surface area contributed by atoms with Crippen molar-refractivity contribution in [2.75, 3.05) is 52.5 Å². The van der Waals surface area contributed by atoms with Crippen molar-refractivity contribution >= 4 is 5.91 Å². The van der Waals surface area contributed by atoms with Crippen molar-refractivity contribution in [1.82, 2.24) is 14.7 Å². The number of likely N-dealkylation sites (tertiary alicyclic amines) is 2. The predicted octanol–water partition coefficient (Wildman–Crippen LogP) is 2.35. The average Bonchev–Trinajstić information content (AvgIpc) is 2.75. The van der Waals surface area contributed by atoms with Gasteiger partial charge in [0, 0.05) is 31.7 Å². The first-order valence-electron chi connectivity index (χ1n) is 11.2. The lowest BCUT2D eigenvalue weighted by Crippen LogP contribution is -2.53. The van der Waals surface area contributed by atoms with E-state index in [9.17, 15) is 4.79 Å². The number of nitrogens with zero attached hydrogens (tertiary/aromatic N) is 3. The normalized spacial score (nSPS) is 31.2. The number of carbonyl (C=O) groups is 1. The van der Waals surface area contributed by atoms with Crippen molar-refractivity contribution in [2.24, 2.45) is 5.92 Å². The first-order chi connectivity index (χ1) is 12.8. The maximum atomic E-state index is 12.9. The number of amides is 1. The van der Waals surface area contributed by atoms with Crippen LogP contribution in [0, 0.1) is 5.92 Å². The Morgan fingerprint density at radius 3 is 2.12 bits per heavy atom. The minimum Gasteiger partial charge on any atom is -0.378 e. The second-order valence-corrected chi connectivity index (χ2v) is 8.83. The van der Waals surface area contributed by atoms with Gasteiger partial charge in [-0.05, 0) is 58.2 Å². The van der Waals surface area contributed by atoms with Crippen LogP contribution in [0.1, 0.15) is 57.8 Å². The molecule has 0 spiro atoms. The summed E-state index contributed by atoms with van der Waals surface area (Å²) in [6, 6.07) is 1.57. The highest BCUT2D eigenvalue weighted by molar-refractivity contribution is 5.79. The van der Waals surface area contributed by atoms with E-state index in [0.717, 1.165) is 32.1 Å². The standard InChI is InChI=1S/C21H37N3O2/c25-21(23-13-15-26-16-14-23)18-5-4-10-24(17-18)20-8-11-22(12-9-20)19-6-2-1-3-7-19/h18-20H,1-17H2. The van der Waals surface area contributed by atoms with Crippen LogP contribution in [0.25, 0.3) is 0 Å². The Balaban J connectivity index is 1.26. The van der Waals surface area contributed by atoms with Crippen LogP contribution in [0.2, 0.25) is 0 Å². The van der Waals surface area contributed by atoms with E-state index >= 15 is 0 Å². The van der Waals surface area contributed by atoms with Crippen LogP contribution < -0.4 is 0 Å². The lowest BCUT2D eigenvalue weighted by Gasteiger charge is -2.45. The van der Waals surface area contributed by atoms with Crippen LogP contribution in [-0.2, 0) is 9.53 Å². The Morgan fingerprint density at radius 1 is 0.692 bits per heavy atom. The first kappa shape index (κ1) is 18.7. The summed E-state index contributed by atoms with van der Waals surface area (Å²) in [5.74, 6) is 0.607. The Labute approximate surface area is 159 Å². The Kier molecular flexibility index (Phi) is 6.49. The van der Waals surface area contributed by atoms with Crippen LogP contribution in [0.4, 0.5) is 0 Å². The van der Waals surface area contributed by atoms with E-state index in [-0.39, 0.29) is 5.92 Å². The fraction of sp³-hybridized carbons (Fsp3) is 0.952. The molecule has 1 atom stereocenters. The lowest BCUT2D eigenvalue weighted by molar-refractivity contribution is -0.142. The summed E-state index contributed by atoms with van der Waals surface area (Å²) < 4.78 is 5.40. The summed E-state index contributed by atoms with van der Waals surface area (Å²) in [5.41, 5.74) is 0. The summed E-state index contributed by atoms with van der Waals surface area (Å²) in [6.07, 6.45) is 12.0. The molecule has 4 aliphatic rings. The highest BCUT2D eigenvalue weighted by atomic mass is 16.5. The van der Waals surface area contributed by atoms with E-state index < -0.39 is 0 Å². The van der Waals surface area contributed by atoms with Gasteiger partial charge in [-0.25, -0.2) is 0 Å². The van der Waals surface area contributed by atoms with Crippen molar-refractivity contribution in [3.05, 3.63) is 0 Å². The zero-order chi connectivity index (χ0) is 17.8. The van der Waals surface area contributed by atoms with Crippen molar-refractivity contribution in [3.8, 4) is 0 Å². The van der Waals surface area contributed by atoms with Crippen molar-refractivity contribution in [3.63, 3.8) is 0 Å². The van der Waals surface area contributed by atoms with Gasteiger partial charge in [0.1, 0.15) is 0 Å². The lowest BCUT2D eigenvalue weighted by atomic mass is 9.90. The van der Waals surface area contributed by atoms with Crippen molar-refractivity contribution in [2.45, 2.75) is 69.9 Å². The van der Waals surface area contributed by atoms with Crippen LogP contribution >= 0.6 is 0 Å². The molecule has 1 unspecified atom stereocenters. The van der Waals surface area contributed by atoms with E-state index in [0.29, 0.717) is 25.2 Å². The smallest absolute Gasteiger partial charge is 0.227 e. The maximum Gasteiger partial charge on any atom is 0.227 e. The van der Waals surface area contributed by atoms with Gasteiger partial charge < -0.3 is 14.5 Å². The van der Waals surface area contributed by atoms with Crippen molar-refractivity contribution < 1.29 is 9.53 Å². The quantitative estimate of drug-likeness (QED) is 0.771. The van der Waals surface area contributed by atoms with E-state index in [1.54, 1.807) is 0 Å². The van der Waals surface area contributed by atoms with E-state index in [2.05, 4.69) is 9.80 Å². The third kappa shape index (κ3) is 4.42. The molecule has 3 aliphatic heterocycles. The third-order valence-electron chi connectivity index (χ3n) is 7.23. The van der Waals surface area contributed by atoms with Gasteiger partial charge >= 0.3 is 0 Å². The van der Waals surface area contributed by atoms with Gasteiger partial charge in [-0.3, -0.25) is 9.69 Å². The topological polar surface area (TPSA) is 36.0 Å². The predicted molar refractivity (Wildman–Crippen MR) is 103 cm³/mol. The number of ether oxygens (including phenoxy) is 1. The minimum atomic E-state index is 0.221. The van der Waals surface area contributed by atoms with Crippen LogP contribution in [0.5, 0.6) is 0 Å². The second-order valence-electron chi connectivity index (χ2n) is 8.83. The Hall–Kier alpha value is -0.650. The zero-order valence-electron chi connectivity index (χ0n) is 16.4. The van der Waals surface area contributed by atoms with Gasteiger partial charge in [-0.1, -0.05) is 19.3 Å². The van der Waals surface area contributed by atoms with Crippen LogP contribution in [-0.4, -0.2) is 85.2 Å². The molecule has 3 saturated heterocycles. The molecule has 0 N–H and O–H groups in total. The molecule has 4 rings (SSSR count). The summed E-state index contributed by atoms with van der Waals surface area (Å²) >= 11 is 0. The SMILES string of the molecule is O=C(C1CCCN(C2CCN(C3CCCCC3)CC2)C1)N1CCOCC1. The van der Waals surface area contributed by atoms with Crippen LogP contribution in [0.3, 0.4) is 0 Å². The molecule has 5 heteroatoms. The fourth-order valence-electron chi connectivity index (χ4n) is 5.64. The number of rotatable bonds is 3. The molecular formula is C21H37N3O2. The van der Waals surface area contributed by atoms with E-state index in [1.807, 2.05) is 4.90 Å². The Bertz CT molecular complexity index is 452. The molecule has 5 nitrogen and oxygen atoms in total. The molecule has 1 saturated carbocycles. The molecule has 1 aliphatic carbocycles. The van der Waals surface area contributed by atoms with Gasteiger partial charge in [-0.15, -0.1) is 0 Å². The summed E-state index contributed by atoms with van der Waals surface area (Å²) in [5, 5.41) is 0. The molecule has 148 valence electrons.